The summed E-state index contributed by atoms with van der Waals surface area (Å²) in [5, 5.41) is 0. The summed E-state index contributed by atoms with van der Waals surface area (Å²) in [6.07, 6.45) is 1.19. The van der Waals surface area contributed by atoms with E-state index in [2.05, 4.69) is 75.7 Å². The predicted octanol–water partition coefficient (Wildman–Crippen LogP) is 5.81. The Balaban J connectivity index is 2.83. The van der Waals surface area contributed by atoms with E-state index in [0.717, 1.165) is 0 Å². The molecule has 1 aromatic rings. The van der Waals surface area contributed by atoms with Gasteiger partial charge in [0.15, 0.2) is 0 Å². The van der Waals surface area contributed by atoms with Crippen LogP contribution in [-0.2, 0) is 0 Å². The third kappa shape index (κ3) is 4.13. The fourth-order valence-electron chi connectivity index (χ4n) is 1.89. The molecule has 1 aromatic carbocycles. The van der Waals surface area contributed by atoms with Gasteiger partial charge in [0.25, 0.3) is 0 Å². The second kappa shape index (κ2) is 5.56. The highest BCUT2D eigenvalue weighted by atomic mass is 79.9. The van der Waals surface area contributed by atoms with Crippen molar-refractivity contribution < 1.29 is 0 Å². The van der Waals surface area contributed by atoms with E-state index >= 15 is 0 Å². The molecule has 0 saturated heterocycles. The molecule has 0 aliphatic heterocycles. The molecular formula is C16H25Br. The van der Waals surface area contributed by atoms with Crippen molar-refractivity contribution in [1.29, 1.82) is 0 Å². The Hall–Kier alpha value is -0.300. The Kier molecular flexibility index (Phi) is 4.83. The van der Waals surface area contributed by atoms with Crippen LogP contribution in [-0.4, -0.2) is 0 Å². The lowest BCUT2D eigenvalue weighted by Crippen LogP contribution is -2.18. The Bertz CT molecular complexity index is 374. The summed E-state index contributed by atoms with van der Waals surface area (Å²) in [5.74, 6) is 0.701. The van der Waals surface area contributed by atoms with Gasteiger partial charge in [0.05, 0.1) is 0 Å². The van der Waals surface area contributed by atoms with Gasteiger partial charge in [-0.1, -0.05) is 67.4 Å². The molecule has 1 rings (SSSR count). The van der Waals surface area contributed by atoms with Crippen LogP contribution >= 0.6 is 15.9 Å². The second-order valence-electron chi connectivity index (χ2n) is 6.33. The summed E-state index contributed by atoms with van der Waals surface area (Å²) in [4.78, 5) is 0.469. The van der Waals surface area contributed by atoms with Crippen molar-refractivity contribution >= 4 is 15.9 Å². The third-order valence-electron chi connectivity index (χ3n) is 3.81. The zero-order chi connectivity index (χ0) is 13.2. The van der Waals surface area contributed by atoms with E-state index in [-0.39, 0.29) is 0 Å². The van der Waals surface area contributed by atoms with Crippen molar-refractivity contribution in [3.05, 3.63) is 34.9 Å². The fraction of sp³-hybridized carbons (Fsp3) is 0.625. The quantitative estimate of drug-likeness (QED) is 0.617. The first kappa shape index (κ1) is 14.8. The molecule has 96 valence electrons. The summed E-state index contributed by atoms with van der Waals surface area (Å²) in [6.45, 7) is 13.7. The molecule has 0 aliphatic carbocycles. The highest BCUT2D eigenvalue weighted by Gasteiger charge is 2.23. The average Bonchev–Trinajstić information content (AvgIpc) is 2.20. The van der Waals surface area contributed by atoms with Crippen LogP contribution in [0.25, 0.3) is 0 Å². The SMILES string of the molecule is Cc1ccc(C)c(C(Br)CC(C)C(C)(C)C)c1. The smallest absolute Gasteiger partial charge is 0.0400 e. The number of benzene rings is 1. The predicted molar refractivity (Wildman–Crippen MR) is 80.8 cm³/mol. The van der Waals surface area contributed by atoms with E-state index < -0.39 is 0 Å². The zero-order valence-electron chi connectivity index (χ0n) is 12.0. The summed E-state index contributed by atoms with van der Waals surface area (Å²) < 4.78 is 0. The van der Waals surface area contributed by atoms with Crippen molar-refractivity contribution in [3.63, 3.8) is 0 Å². The number of hydrogen-bond donors (Lipinski definition) is 0. The number of hydrogen-bond acceptors (Lipinski definition) is 0. The minimum atomic E-state index is 0.379. The first-order valence-corrected chi connectivity index (χ1v) is 7.34. The Labute approximate surface area is 115 Å². The molecule has 17 heavy (non-hydrogen) atoms. The van der Waals surface area contributed by atoms with Gasteiger partial charge in [-0.15, -0.1) is 0 Å². The Morgan fingerprint density at radius 3 is 2.29 bits per heavy atom. The van der Waals surface area contributed by atoms with Crippen LogP contribution in [0, 0.1) is 25.2 Å². The number of rotatable bonds is 3. The molecule has 0 aromatic heterocycles. The van der Waals surface area contributed by atoms with Crippen LogP contribution in [0.4, 0.5) is 0 Å². The molecule has 2 unspecified atom stereocenters. The highest BCUT2D eigenvalue weighted by Crippen LogP contribution is 2.38. The summed E-state index contributed by atoms with van der Waals surface area (Å²) in [6, 6.07) is 6.72. The molecule has 0 bridgehead atoms. The number of aryl methyl sites for hydroxylation is 2. The lowest BCUT2D eigenvalue weighted by molar-refractivity contribution is 0.246. The molecule has 0 saturated carbocycles. The van der Waals surface area contributed by atoms with Gasteiger partial charge in [0.2, 0.25) is 0 Å². The molecule has 0 N–H and O–H groups in total. The number of alkyl halides is 1. The van der Waals surface area contributed by atoms with Gasteiger partial charge in [0, 0.05) is 4.83 Å². The van der Waals surface area contributed by atoms with Crippen molar-refractivity contribution in [1.82, 2.24) is 0 Å². The van der Waals surface area contributed by atoms with E-state index in [1.54, 1.807) is 0 Å². The largest absolute Gasteiger partial charge is 0.0839 e. The Morgan fingerprint density at radius 1 is 1.18 bits per heavy atom. The maximum atomic E-state index is 3.86. The summed E-state index contributed by atoms with van der Waals surface area (Å²) in [5.41, 5.74) is 4.56. The van der Waals surface area contributed by atoms with Gasteiger partial charge < -0.3 is 0 Å². The van der Waals surface area contributed by atoms with E-state index in [0.29, 0.717) is 16.2 Å². The third-order valence-corrected chi connectivity index (χ3v) is 4.68. The van der Waals surface area contributed by atoms with Gasteiger partial charge in [0.1, 0.15) is 0 Å². The summed E-state index contributed by atoms with van der Waals surface area (Å²) in [7, 11) is 0. The van der Waals surface area contributed by atoms with Crippen LogP contribution in [0.1, 0.15) is 55.6 Å². The zero-order valence-corrected chi connectivity index (χ0v) is 13.6. The van der Waals surface area contributed by atoms with Crippen LogP contribution in [0.5, 0.6) is 0 Å². The molecule has 0 fully saturated rings. The first-order chi connectivity index (χ1) is 7.71. The minimum Gasteiger partial charge on any atom is -0.0839 e. The Morgan fingerprint density at radius 2 is 1.76 bits per heavy atom. The molecule has 0 radical (unpaired) electrons. The second-order valence-corrected chi connectivity index (χ2v) is 7.44. The van der Waals surface area contributed by atoms with Crippen molar-refractivity contribution in [2.45, 2.75) is 52.8 Å². The average molecular weight is 297 g/mol. The standard InChI is InChI=1S/C16H25Br/c1-11-7-8-12(2)14(9-11)15(17)10-13(3)16(4,5)6/h7-9,13,15H,10H2,1-6H3. The molecule has 1 heteroatoms. The van der Waals surface area contributed by atoms with Crippen LogP contribution in [0.2, 0.25) is 0 Å². The maximum Gasteiger partial charge on any atom is 0.0400 e. The van der Waals surface area contributed by atoms with Crippen LogP contribution in [0.3, 0.4) is 0 Å². The summed E-state index contributed by atoms with van der Waals surface area (Å²) >= 11 is 3.86. The molecule has 2 atom stereocenters. The molecule has 0 heterocycles. The fourth-order valence-corrected chi connectivity index (χ4v) is 2.94. The van der Waals surface area contributed by atoms with Gasteiger partial charge >= 0.3 is 0 Å². The molecule has 0 amide bonds. The van der Waals surface area contributed by atoms with Crippen molar-refractivity contribution in [2.75, 3.05) is 0 Å². The minimum absolute atomic E-state index is 0.379. The molecule has 0 nitrogen and oxygen atoms in total. The van der Waals surface area contributed by atoms with Gasteiger partial charge in [-0.25, -0.2) is 0 Å². The highest BCUT2D eigenvalue weighted by molar-refractivity contribution is 9.09. The van der Waals surface area contributed by atoms with Crippen LogP contribution in [0.15, 0.2) is 18.2 Å². The first-order valence-electron chi connectivity index (χ1n) is 6.43. The van der Waals surface area contributed by atoms with Gasteiger partial charge in [-0.2, -0.15) is 0 Å². The van der Waals surface area contributed by atoms with E-state index in [1.165, 1.54) is 23.1 Å². The maximum absolute atomic E-state index is 3.86. The monoisotopic (exact) mass is 296 g/mol. The molecule has 0 aliphatic rings. The van der Waals surface area contributed by atoms with E-state index in [4.69, 9.17) is 0 Å². The van der Waals surface area contributed by atoms with E-state index in [9.17, 15) is 0 Å². The lowest BCUT2D eigenvalue weighted by Gasteiger charge is -2.29. The van der Waals surface area contributed by atoms with Gasteiger partial charge in [-0.3, -0.25) is 0 Å². The lowest BCUT2D eigenvalue weighted by atomic mass is 9.78. The van der Waals surface area contributed by atoms with Gasteiger partial charge in [-0.05, 0) is 42.7 Å². The molecule has 0 spiro atoms. The molecular weight excluding hydrogens is 272 g/mol. The van der Waals surface area contributed by atoms with E-state index in [1.807, 2.05) is 0 Å². The number of halogens is 1. The topological polar surface area (TPSA) is 0 Å². The van der Waals surface area contributed by atoms with Crippen LogP contribution < -0.4 is 0 Å². The van der Waals surface area contributed by atoms with Crippen molar-refractivity contribution in [3.8, 4) is 0 Å². The normalized spacial score (nSPS) is 15.7. The van der Waals surface area contributed by atoms with Crippen molar-refractivity contribution in [2.24, 2.45) is 11.3 Å².